The lowest BCUT2D eigenvalue weighted by Gasteiger charge is -2.34. The van der Waals surface area contributed by atoms with E-state index in [9.17, 15) is 9.59 Å². The molecule has 0 N–H and O–H groups in total. The van der Waals surface area contributed by atoms with Crippen molar-refractivity contribution in [3.8, 4) is 0 Å². The van der Waals surface area contributed by atoms with Crippen LogP contribution < -0.4 is 0 Å². The van der Waals surface area contributed by atoms with Crippen molar-refractivity contribution < 1.29 is 14.3 Å². The van der Waals surface area contributed by atoms with Crippen molar-refractivity contribution >= 4 is 23.4 Å². The topological polar surface area (TPSA) is 49.9 Å². The quantitative estimate of drug-likeness (QED) is 0.825. The Morgan fingerprint density at radius 2 is 2.04 bits per heavy atom. The molecule has 3 fully saturated rings. The second-order valence-corrected chi connectivity index (χ2v) is 7.64. The van der Waals surface area contributed by atoms with Gasteiger partial charge in [-0.05, 0) is 30.2 Å². The average Bonchev–Trinajstić information content (AvgIpc) is 3.17. The van der Waals surface area contributed by atoms with Crippen LogP contribution in [0.3, 0.4) is 0 Å². The molecule has 128 valence electrons. The van der Waals surface area contributed by atoms with Gasteiger partial charge in [-0.15, -0.1) is 0 Å². The highest BCUT2D eigenvalue weighted by molar-refractivity contribution is 6.30. The minimum atomic E-state index is -0.617. The van der Waals surface area contributed by atoms with Gasteiger partial charge in [0.2, 0.25) is 5.91 Å². The Morgan fingerprint density at radius 1 is 1.33 bits per heavy atom. The third kappa shape index (κ3) is 2.11. The van der Waals surface area contributed by atoms with Crippen LogP contribution in [0.1, 0.15) is 37.0 Å². The van der Waals surface area contributed by atoms with E-state index in [2.05, 4.69) is 13.8 Å². The molecule has 5 nitrogen and oxygen atoms in total. The zero-order valence-corrected chi connectivity index (χ0v) is 14.6. The van der Waals surface area contributed by atoms with Crippen molar-refractivity contribution in [2.75, 3.05) is 13.2 Å². The first kappa shape index (κ1) is 15.9. The van der Waals surface area contributed by atoms with Gasteiger partial charge in [0.25, 0.3) is 5.91 Å². The molecular formula is C18H21ClN2O3. The van der Waals surface area contributed by atoms with Gasteiger partial charge in [-0.3, -0.25) is 9.59 Å². The molecule has 24 heavy (non-hydrogen) atoms. The van der Waals surface area contributed by atoms with Gasteiger partial charge in [-0.2, -0.15) is 0 Å². The molecule has 0 unspecified atom stereocenters. The van der Waals surface area contributed by atoms with Gasteiger partial charge in [0.1, 0.15) is 0 Å². The third-order valence-corrected chi connectivity index (χ3v) is 5.86. The Kier molecular flexibility index (Phi) is 3.62. The van der Waals surface area contributed by atoms with Gasteiger partial charge >= 0.3 is 0 Å². The van der Waals surface area contributed by atoms with E-state index in [0.717, 1.165) is 0 Å². The number of ether oxygens (including phenoxy) is 1. The number of amides is 2. The molecule has 0 radical (unpaired) electrons. The number of benzene rings is 1. The molecule has 4 rings (SSSR count). The fourth-order valence-corrected chi connectivity index (χ4v) is 4.50. The van der Waals surface area contributed by atoms with E-state index < -0.39 is 5.72 Å². The van der Waals surface area contributed by atoms with Gasteiger partial charge in [0.15, 0.2) is 5.72 Å². The SMILES string of the molecule is CC(C)[C@@H]1CO[C@@]23CCN(C(=O)c4ccc(Cl)cc4)[C@@H]2CC(=O)N13. The lowest BCUT2D eigenvalue weighted by atomic mass is 10.0. The van der Waals surface area contributed by atoms with Crippen LogP contribution in [0.15, 0.2) is 24.3 Å². The van der Waals surface area contributed by atoms with Gasteiger partial charge in [-0.25, -0.2) is 0 Å². The molecule has 3 saturated heterocycles. The normalized spacial score (nSPS) is 31.8. The minimum absolute atomic E-state index is 0.0558. The Bertz CT molecular complexity index is 690. The average molecular weight is 349 g/mol. The van der Waals surface area contributed by atoms with Crippen molar-refractivity contribution in [2.24, 2.45) is 5.92 Å². The van der Waals surface area contributed by atoms with Gasteiger partial charge in [-0.1, -0.05) is 25.4 Å². The van der Waals surface area contributed by atoms with E-state index in [1.165, 1.54) is 0 Å². The lowest BCUT2D eigenvalue weighted by molar-refractivity contribution is -0.139. The predicted octanol–water partition coefficient (Wildman–Crippen LogP) is 2.54. The van der Waals surface area contributed by atoms with Gasteiger partial charge < -0.3 is 14.5 Å². The molecular weight excluding hydrogens is 328 g/mol. The Balaban J connectivity index is 1.63. The van der Waals surface area contributed by atoms with Gasteiger partial charge in [0, 0.05) is 23.6 Å². The van der Waals surface area contributed by atoms with Crippen molar-refractivity contribution in [3.05, 3.63) is 34.9 Å². The molecule has 2 amide bonds. The summed E-state index contributed by atoms with van der Waals surface area (Å²) in [6.45, 7) is 5.39. The summed E-state index contributed by atoms with van der Waals surface area (Å²) < 4.78 is 6.16. The first-order valence-electron chi connectivity index (χ1n) is 8.47. The number of rotatable bonds is 2. The van der Waals surface area contributed by atoms with E-state index in [1.807, 2.05) is 9.80 Å². The van der Waals surface area contributed by atoms with Crippen LogP contribution in [0.25, 0.3) is 0 Å². The molecule has 1 aromatic rings. The first-order valence-corrected chi connectivity index (χ1v) is 8.84. The second-order valence-electron chi connectivity index (χ2n) is 7.21. The molecule has 1 spiro atoms. The van der Waals surface area contributed by atoms with Crippen LogP contribution in [0, 0.1) is 5.92 Å². The molecule has 0 aliphatic carbocycles. The number of likely N-dealkylation sites (tertiary alicyclic amines) is 1. The van der Waals surface area contributed by atoms with Gasteiger partial charge in [0.05, 0.1) is 25.1 Å². The third-order valence-electron chi connectivity index (χ3n) is 5.61. The van der Waals surface area contributed by atoms with Crippen LogP contribution in [-0.4, -0.2) is 52.6 Å². The highest BCUT2D eigenvalue weighted by Gasteiger charge is 2.65. The summed E-state index contributed by atoms with van der Waals surface area (Å²) >= 11 is 5.91. The molecule has 6 heteroatoms. The summed E-state index contributed by atoms with van der Waals surface area (Å²) in [7, 11) is 0. The molecule has 3 aliphatic heterocycles. The second kappa shape index (κ2) is 5.46. The fourth-order valence-electron chi connectivity index (χ4n) is 4.37. The molecule has 3 aliphatic rings. The number of hydrogen-bond donors (Lipinski definition) is 0. The van der Waals surface area contributed by atoms with E-state index >= 15 is 0 Å². The number of hydrogen-bond acceptors (Lipinski definition) is 3. The lowest BCUT2D eigenvalue weighted by Crippen LogP contribution is -2.51. The van der Waals surface area contributed by atoms with Crippen LogP contribution in [0.2, 0.25) is 5.02 Å². The number of nitrogens with zero attached hydrogens (tertiary/aromatic N) is 2. The summed E-state index contributed by atoms with van der Waals surface area (Å²) in [6, 6.07) is 6.80. The van der Waals surface area contributed by atoms with Crippen molar-refractivity contribution in [1.82, 2.24) is 9.80 Å². The summed E-state index contributed by atoms with van der Waals surface area (Å²) in [6.07, 6.45) is 1.04. The Hall–Kier alpha value is -1.59. The van der Waals surface area contributed by atoms with Crippen LogP contribution in [-0.2, 0) is 9.53 Å². The van der Waals surface area contributed by atoms with E-state index in [1.54, 1.807) is 24.3 Å². The number of carbonyl (C=O) groups excluding carboxylic acids is 2. The molecule has 0 bridgehead atoms. The number of carbonyl (C=O) groups is 2. The molecule has 0 aromatic heterocycles. The Labute approximate surface area is 146 Å². The standard InChI is InChI=1S/C18H21ClN2O3/c1-11(2)14-10-24-18-7-8-20(15(18)9-16(22)21(14)18)17(23)12-3-5-13(19)6-4-12/h3-6,11,14-15H,7-10H2,1-2H3/t14-,15+,18-/m0/s1. The monoisotopic (exact) mass is 348 g/mol. The van der Waals surface area contributed by atoms with E-state index in [0.29, 0.717) is 42.5 Å². The smallest absolute Gasteiger partial charge is 0.254 e. The zero-order valence-electron chi connectivity index (χ0n) is 13.9. The number of halogens is 1. The highest BCUT2D eigenvalue weighted by atomic mass is 35.5. The largest absolute Gasteiger partial charge is 0.351 e. The highest BCUT2D eigenvalue weighted by Crippen LogP contribution is 2.49. The van der Waals surface area contributed by atoms with E-state index in [4.69, 9.17) is 16.3 Å². The maximum absolute atomic E-state index is 12.9. The molecule has 3 atom stereocenters. The summed E-state index contributed by atoms with van der Waals surface area (Å²) in [4.78, 5) is 29.3. The first-order chi connectivity index (χ1) is 11.4. The molecule has 3 heterocycles. The van der Waals surface area contributed by atoms with Crippen LogP contribution >= 0.6 is 11.6 Å². The maximum atomic E-state index is 12.9. The zero-order chi connectivity index (χ0) is 17.1. The minimum Gasteiger partial charge on any atom is -0.351 e. The van der Waals surface area contributed by atoms with Crippen LogP contribution in [0.5, 0.6) is 0 Å². The van der Waals surface area contributed by atoms with Crippen molar-refractivity contribution in [2.45, 2.75) is 44.5 Å². The Morgan fingerprint density at radius 3 is 2.71 bits per heavy atom. The summed E-state index contributed by atoms with van der Waals surface area (Å²) in [5, 5.41) is 0.602. The van der Waals surface area contributed by atoms with Crippen molar-refractivity contribution in [3.63, 3.8) is 0 Å². The summed E-state index contributed by atoms with van der Waals surface area (Å²) in [5.74, 6) is 0.387. The molecule has 0 saturated carbocycles. The summed E-state index contributed by atoms with van der Waals surface area (Å²) in [5.41, 5.74) is -0.0190. The predicted molar refractivity (Wildman–Crippen MR) is 89.7 cm³/mol. The van der Waals surface area contributed by atoms with Crippen molar-refractivity contribution in [1.29, 1.82) is 0 Å². The van der Waals surface area contributed by atoms with E-state index in [-0.39, 0.29) is 23.9 Å². The fraction of sp³-hybridized carbons (Fsp3) is 0.556. The maximum Gasteiger partial charge on any atom is 0.254 e. The van der Waals surface area contributed by atoms with Crippen LogP contribution in [0.4, 0.5) is 0 Å². The molecule has 1 aromatic carbocycles.